The van der Waals surface area contributed by atoms with Gasteiger partial charge in [0.1, 0.15) is 0 Å². The van der Waals surface area contributed by atoms with E-state index in [0.29, 0.717) is 11.4 Å². The molecule has 0 N–H and O–H groups in total. The minimum Gasteiger partial charge on any atom is -0.472 e. The topological polar surface area (TPSA) is 68.3 Å². The first kappa shape index (κ1) is 15.8. The molecule has 2 atom stereocenters. The second-order valence-corrected chi connectivity index (χ2v) is 9.31. The Balaban J connectivity index is 1.50. The van der Waals surface area contributed by atoms with Crippen molar-refractivity contribution in [3.63, 3.8) is 0 Å². The van der Waals surface area contributed by atoms with Crippen LogP contribution in [0.4, 0.5) is 0 Å². The van der Waals surface area contributed by atoms with E-state index in [4.69, 9.17) is 4.42 Å². The Morgan fingerprint density at radius 2 is 2.12 bits per heavy atom. The Labute approximate surface area is 152 Å². The molecule has 1 saturated heterocycles. The van der Waals surface area contributed by atoms with Gasteiger partial charge in [0, 0.05) is 49.9 Å². The summed E-state index contributed by atoms with van der Waals surface area (Å²) in [4.78, 5) is 2.71. The van der Waals surface area contributed by atoms with E-state index in [9.17, 15) is 8.42 Å². The lowest BCUT2D eigenvalue weighted by Gasteiger charge is -2.16. The number of furan rings is 1. The normalized spacial score (nSPS) is 23.9. The zero-order chi connectivity index (χ0) is 17.9. The number of benzene rings is 1. The largest absolute Gasteiger partial charge is 0.472 e. The van der Waals surface area contributed by atoms with Crippen molar-refractivity contribution >= 4 is 9.84 Å². The van der Waals surface area contributed by atoms with E-state index < -0.39 is 9.84 Å². The molecular weight excluding hydrogens is 350 g/mol. The van der Waals surface area contributed by atoms with Gasteiger partial charge in [-0.2, -0.15) is 5.10 Å². The predicted octanol–water partition coefficient (Wildman–Crippen LogP) is 2.44. The average molecular weight is 369 g/mol. The summed E-state index contributed by atoms with van der Waals surface area (Å²) in [6.45, 7) is 2.03. The maximum Gasteiger partial charge on any atom is 0.183 e. The first-order valence-electron chi connectivity index (χ1n) is 8.62. The molecule has 5 rings (SSSR count). The van der Waals surface area contributed by atoms with Crippen LogP contribution in [-0.2, 0) is 23.4 Å². The highest BCUT2D eigenvalue weighted by Crippen LogP contribution is 2.46. The highest BCUT2D eigenvalue weighted by Gasteiger charge is 2.50. The van der Waals surface area contributed by atoms with Gasteiger partial charge in [-0.15, -0.1) is 0 Å². The van der Waals surface area contributed by atoms with E-state index in [1.54, 1.807) is 23.3 Å². The van der Waals surface area contributed by atoms with Crippen LogP contribution in [0.2, 0.25) is 0 Å². The number of likely N-dealkylation sites (tertiary alicyclic amines) is 1. The van der Waals surface area contributed by atoms with Crippen molar-refractivity contribution in [1.29, 1.82) is 0 Å². The van der Waals surface area contributed by atoms with Gasteiger partial charge in [0.25, 0.3) is 0 Å². The smallest absolute Gasteiger partial charge is 0.183 e. The number of aromatic nitrogens is 2. The van der Waals surface area contributed by atoms with E-state index in [0.717, 1.165) is 35.3 Å². The number of hydrogen-bond acceptors (Lipinski definition) is 5. The molecule has 7 heteroatoms. The molecule has 0 radical (unpaired) electrons. The molecule has 26 heavy (non-hydrogen) atoms. The van der Waals surface area contributed by atoms with Crippen LogP contribution in [0.3, 0.4) is 0 Å². The first-order chi connectivity index (χ1) is 12.5. The maximum absolute atomic E-state index is 13.0. The lowest BCUT2D eigenvalue weighted by atomic mass is 9.95. The van der Waals surface area contributed by atoms with Crippen molar-refractivity contribution < 1.29 is 12.8 Å². The van der Waals surface area contributed by atoms with E-state index in [-0.39, 0.29) is 11.2 Å². The highest BCUT2D eigenvalue weighted by atomic mass is 32.2. The minimum absolute atomic E-state index is 0.0264. The lowest BCUT2D eigenvalue weighted by Crippen LogP contribution is -2.25. The Kier molecular flexibility index (Phi) is 3.39. The SMILES string of the molecule is Cn1cc(-c2ccc3c(c2)[C@H]2CN(Cc4ccoc4)C[C@H]2S3(=O)=O)cn1. The van der Waals surface area contributed by atoms with E-state index in [1.165, 1.54) is 0 Å². The number of aryl methyl sites for hydroxylation is 1. The zero-order valence-electron chi connectivity index (χ0n) is 14.4. The fourth-order valence-corrected chi connectivity index (χ4v) is 6.44. The van der Waals surface area contributed by atoms with Gasteiger partial charge < -0.3 is 4.42 Å². The summed E-state index contributed by atoms with van der Waals surface area (Å²) in [5.41, 5.74) is 4.04. The summed E-state index contributed by atoms with van der Waals surface area (Å²) in [5.74, 6) is 0.0264. The van der Waals surface area contributed by atoms with Gasteiger partial charge in [-0.1, -0.05) is 6.07 Å². The molecular formula is C19H19N3O3S. The van der Waals surface area contributed by atoms with Crippen molar-refractivity contribution in [3.05, 3.63) is 60.3 Å². The van der Waals surface area contributed by atoms with Gasteiger partial charge in [0.15, 0.2) is 9.84 Å². The Bertz CT molecular complexity index is 1070. The van der Waals surface area contributed by atoms with Crippen molar-refractivity contribution in [2.24, 2.45) is 7.05 Å². The zero-order valence-corrected chi connectivity index (χ0v) is 15.2. The predicted molar refractivity (Wildman–Crippen MR) is 96.3 cm³/mol. The number of sulfone groups is 1. The van der Waals surface area contributed by atoms with Gasteiger partial charge in [0.2, 0.25) is 0 Å². The van der Waals surface area contributed by atoms with Gasteiger partial charge in [-0.3, -0.25) is 9.58 Å². The highest BCUT2D eigenvalue weighted by molar-refractivity contribution is 7.92. The molecule has 0 saturated carbocycles. The lowest BCUT2D eigenvalue weighted by molar-refractivity contribution is 0.324. The van der Waals surface area contributed by atoms with Gasteiger partial charge in [0.05, 0.1) is 28.9 Å². The Morgan fingerprint density at radius 1 is 1.23 bits per heavy atom. The monoisotopic (exact) mass is 369 g/mol. The summed E-state index contributed by atoms with van der Waals surface area (Å²) in [5, 5.41) is 3.86. The van der Waals surface area contributed by atoms with Crippen molar-refractivity contribution in [2.45, 2.75) is 22.6 Å². The molecule has 0 unspecified atom stereocenters. The van der Waals surface area contributed by atoms with Crippen LogP contribution in [0.15, 0.2) is 58.5 Å². The van der Waals surface area contributed by atoms with Crippen LogP contribution in [0.25, 0.3) is 11.1 Å². The molecule has 0 amide bonds. The molecule has 0 spiro atoms. The molecule has 1 fully saturated rings. The maximum atomic E-state index is 13.0. The number of fused-ring (bicyclic) bond motifs is 3. The van der Waals surface area contributed by atoms with Gasteiger partial charge in [-0.25, -0.2) is 8.42 Å². The molecule has 2 aromatic heterocycles. The van der Waals surface area contributed by atoms with Crippen molar-refractivity contribution in [3.8, 4) is 11.1 Å². The van der Waals surface area contributed by atoms with E-state index in [1.807, 2.05) is 37.6 Å². The van der Waals surface area contributed by atoms with Crippen molar-refractivity contribution in [1.82, 2.24) is 14.7 Å². The molecule has 0 aliphatic carbocycles. The summed E-state index contributed by atoms with van der Waals surface area (Å²) in [6, 6.07) is 7.62. The van der Waals surface area contributed by atoms with Crippen LogP contribution < -0.4 is 0 Å². The fraction of sp³-hybridized carbons (Fsp3) is 0.316. The van der Waals surface area contributed by atoms with Crippen LogP contribution in [0, 0.1) is 0 Å². The van der Waals surface area contributed by atoms with Crippen LogP contribution in [0.1, 0.15) is 17.0 Å². The summed E-state index contributed by atoms with van der Waals surface area (Å²) in [6.07, 6.45) is 7.13. The Hall–Kier alpha value is -2.38. The number of nitrogens with zero attached hydrogens (tertiary/aromatic N) is 3. The molecule has 134 valence electrons. The standard InChI is InChI=1S/C19H19N3O3S/c1-21-9-15(7-20-21)14-2-3-18-16(6-14)17-10-22(8-13-4-5-25-12-13)11-19(17)26(18,23)24/h2-7,9,12,17,19H,8,10-11H2,1H3/t17-,19-/m1/s1. The van der Waals surface area contributed by atoms with Gasteiger partial charge >= 0.3 is 0 Å². The molecule has 4 heterocycles. The molecule has 6 nitrogen and oxygen atoms in total. The molecule has 0 bridgehead atoms. The van der Waals surface area contributed by atoms with Crippen molar-refractivity contribution in [2.75, 3.05) is 13.1 Å². The third-order valence-electron chi connectivity index (χ3n) is 5.48. The second kappa shape index (κ2) is 5.56. The molecule has 2 aliphatic heterocycles. The minimum atomic E-state index is -3.27. The fourth-order valence-electron chi connectivity index (χ4n) is 4.25. The summed E-state index contributed by atoms with van der Waals surface area (Å²) >= 11 is 0. The average Bonchev–Trinajstić information content (AvgIpc) is 3.37. The third kappa shape index (κ3) is 2.34. The molecule has 1 aromatic carbocycles. The van der Waals surface area contributed by atoms with E-state index >= 15 is 0 Å². The molecule has 3 aromatic rings. The summed E-state index contributed by atoms with van der Waals surface area (Å²) < 4.78 is 32.9. The van der Waals surface area contributed by atoms with Crippen LogP contribution in [-0.4, -0.2) is 41.4 Å². The third-order valence-corrected chi connectivity index (χ3v) is 7.74. The van der Waals surface area contributed by atoms with Gasteiger partial charge in [-0.05, 0) is 29.3 Å². The number of rotatable bonds is 3. The quantitative estimate of drug-likeness (QED) is 0.709. The first-order valence-corrected chi connectivity index (χ1v) is 10.2. The number of hydrogen-bond donors (Lipinski definition) is 0. The Morgan fingerprint density at radius 3 is 2.85 bits per heavy atom. The second-order valence-electron chi connectivity index (χ2n) is 7.17. The summed E-state index contributed by atoms with van der Waals surface area (Å²) in [7, 11) is -1.40. The molecule has 2 aliphatic rings. The van der Waals surface area contributed by atoms with Crippen LogP contribution in [0.5, 0.6) is 0 Å². The van der Waals surface area contributed by atoms with Crippen LogP contribution >= 0.6 is 0 Å². The van der Waals surface area contributed by atoms with E-state index in [2.05, 4.69) is 10.00 Å².